The quantitative estimate of drug-likeness (QED) is 0.832. The number of hydrogen-bond donors (Lipinski definition) is 1. The number of aromatic hydroxyl groups is 1. The summed E-state index contributed by atoms with van der Waals surface area (Å²) in [6.45, 7) is 0. The average Bonchev–Trinajstić information content (AvgIpc) is 2.59. The second-order valence-corrected chi connectivity index (χ2v) is 3.71. The van der Waals surface area contributed by atoms with Crippen LogP contribution in [0.2, 0.25) is 0 Å². The van der Waals surface area contributed by atoms with Crippen molar-refractivity contribution >= 4 is 11.4 Å². The molecule has 0 aliphatic carbocycles. The van der Waals surface area contributed by atoms with E-state index in [4.69, 9.17) is 5.26 Å². The summed E-state index contributed by atoms with van der Waals surface area (Å²) in [5.74, 6) is -0.340. The van der Waals surface area contributed by atoms with Gasteiger partial charge in [-0.15, -0.1) is 0 Å². The molecule has 0 aliphatic rings. The van der Waals surface area contributed by atoms with Gasteiger partial charge >= 0.3 is 0 Å². The van der Waals surface area contributed by atoms with Gasteiger partial charge in [0.05, 0.1) is 23.0 Å². The Morgan fingerprint density at radius 3 is 2.32 bits per heavy atom. The first-order valence-corrected chi connectivity index (χ1v) is 5.44. The molecule has 0 spiro atoms. The first kappa shape index (κ1) is 12.5. The van der Waals surface area contributed by atoms with Crippen molar-refractivity contribution < 1.29 is 5.11 Å². The molecule has 1 N–H and O–H groups in total. The summed E-state index contributed by atoms with van der Waals surface area (Å²) in [5.41, 5.74) is 0.803. The molecule has 92 valence electrons. The van der Waals surface area contributed by atoms with Crippen LogP contribution in [0.25, 0.3) is 0 Å². The highest BCUT2D eigenvalue weighted by Crippen LogP contribution is 2.18. The summed E-state index contributed by atoms with van der Waals surface area (Å²) in [4.78, 5) is 11.4. The van der Waals surface area contributed by atoms with Gasteiger partial charge in [0.2, 0.25) is 5.43 Å². The van der Waals surface area contributed by atoms with Gasteiger partial charge in [0.1, 0.15) is 0 Å². The van der Waals surface area contributed by atoms with Crippen LogP contribution in [0, 0.1) is 11.3 Å². The van der Waals surface area contributed by atoms with Gasteiger partial charge in [-0.25, -0.2) is 0 Å². The number of azo groups is 1. The molecule has 0 fully saturated rings. The summed E-state index contributed by atoms with van der Waals surface area (Å²) in [6, 6.07) is 14.2. The smallest absolute Gasteiger partial charge is 0.222 e. The fourth-order valence-electron chi connectivity index (χ4n) is 1.39. The molecule has 2 aromatic rings. The van der Waals surface area contributed by atoms with Crippen LogP contribution in [-0.2, 0) is 0 Å². The first-order chi connectivity index (χ1) is 9.19. The molecule has 0 heterocycles. The van der Waals surface area contributed by atoms with Crippen molar-refractivity contribution in [1.29, 1.82) is 5.26 Å². The third-order valence-electron chi connectivity index (χ3n) is 2.31. The van der Waals surface area contributed by atoms with Crippen LogP contribution in [0.1, 0.15) is 5.56 Å². The highest BCUT2D eigenvalue weighted by Gasteiger charge is 1.96. The first-order valence-electron chi connectivity index (χ1n) is 5.44. The molecule has 0 bridgehead atoms. The molecule has 19 heavy (non-hydrogen) atoms. The van der Waals surface area contributed by atoms with E-state index in [1.165, 1.54) is 18.2 Å². The van der Waals surface area contributed by atoms with E-state index in [0.717, 1.165) is 0 Å². The Morgan fingerprint density at radius 1 is 1.00 bits per heavy atom. The highest BCUT2D eigenvalue weighted by molar-refractivity contribution is 5.45. The van der Waals surface area contributed by atoms with Crippen LogP contribution >= 0.6 is 0 Å². The minimum atomic E-state index is -0.523. The predicted octanol–water partition coefficient (Wildman–Crippen LogP) is 3.04. The number of nitriles is 1. The lowest BCUT2D eigenvalue weighted by Crippen LogP contribution is -1.91. The molecule has 0 saturated heterocycles. The zero-order valence-electron chi connectivity index (χ0n) is 9.82. The van der Waals surface area contributed by atoms with E-state index in [1.807, 2.05) is 6.07 Å². The highest BCUT2D eigenvalue weighted by atomic mass is 16.3. The third kappa shape index (κ3) is 3.23. The number of hydrogen-bond acceptors (Lipinski definition) is 5. The molecule has 5 nitrogen and oxygen atoms in total. The lowest BCUT2D eigenvalue weighted by atomic mass is 10.2. The van der Waals surface area contributed by atoms with E-state index in [-0.39, 0.29) is 5.75 Å². The SMILES string of the molecule is N#Cc1cccc(N=Nc2cccc(O)c(=O)c2)c1. The Balaban J connectivity index is 2.33. The Bertz CT molecular complexity index is 733. The summed E-state index contributed by atoms with van der Waals surface area (Å²) < 4.78 is 0. The minimum absolute atomic E-state index is 0.327. The molecule has 0 amide bonds. The molecule has 0 unspecified atom stereocenters. The van der Waals surface area contributed by atoms with Gasteiger partial charge in [0.15, 0.2) is 5.75 Å². The molecule has 0 aromatic heterocycles. The normalized spacial score (nSPS) is 10.3. The second-order valence-electron chi connectivity index (χ2n) is 3.71. The van der Waals surface area contributed by atoms with Crippen molar-refractivity contribution in [1.82, 2.24) is 0 Å². The second kappa shape index (κ2) is 5.56. The zero-order valence-corrected chi connectivity index (χ0v) is 9.82. The van der Waals surface area contributed by atoms with Crippen LogP contribution in [0.4, 0.5) is 11.4 Å². The van der Waals surface area contributed by atoms with Crippen LogP contribution in [0.3, 0.4) is 0 Å². The van der Waals surface area contributed by atoms with Gasteiger partial charge in [-0.1, -0.05) is 12.1 Å². The van der Waals surface area contributed by atoms with E-state index in [2.05, 4.69) is 10.2 Å². The average molecular weight is 251 g/mol. The van der Waals surface area contributed by atoms with Crippen molar-refractivity contribution in [2.75, 3.05) is 0 Å². The van der Waals surface area contributed by atoms with Crippen LogP contribution in [-0.4, -0.2) is 5.11 Å². The van der Waals surface area contributed by atoms with Gasteiger partial charge in [0.25, 0.3) is 0 Å². The van der Waals surface area contributed by atoms with Crippen molar-refractivity contribution in [3.05, 3.63) is 64.3 Å². The number of benzene rings is 1. The van der Waals surface area contributed by atoms with Crippen molar-refractivity contribution in [3.63, 3.8) is 0 Å². The monoisotopic (exact) mass is 251 g/mol. The number of nitrogens with zero attached hydrogens (tertiary/aromatic N) is 3. The topological polar surface area (TPSA) is 85.8 Å². The molecule has 0 atom stereocenters. The molecule has 5 heteroatoms. The summed E-state index contributed by atoms with van der Waals surface area (Å²) >= 11 is 0. The van der Waals surface area contributed by atoms with Gasteiger partial charge in [-0.2, -0.15) is 15.5 Å². The summed E-state index contributed by atoms with van der Waals surface area (Å²) in [6.07, 6.45) is 0. The molecule has 0 radical (unpaired) electrons. The van der Waals surface area contributed by atoms with Gasteiger partial charge in [0, 0.05) is 6.07 Å². The summed E-state index contributed by atoms with van der Waals surface area (Å²) in [7, 11) is 0. The maximum absolute atomic E-state index is 11.4. The van der Waals surface area contributed by atoms with Crippen LogP contribution in [0.15, 0.2) is 63.6 Å². The molecule has 2 rings (SSSR count). The molecule has 0 saturated carbocycles. The van der Waals surface area contributed by atoms with Gasteiger partial charge in [-0.3, -0.25) is 4.79 Å². The van der Waals surface area contributed by atoms with E-state index in [0.29, 0.717) is 16.9 Å². The zero-order chi connectivity index (χ0) is 13.7. The maximum Gasteiger partial charge on any atom is 0.222 e. The summed E-state index contributed by atoms with van der Waals surface area (Å²) in [5, 5.41) is 25.8. The molecule has 0 aliphatic heterocycles. The van der Waals surface area contributed by atoms with E-state index in [9.17, 15) is 9.90 Å². The van der Waals surface area contributed by atoms with Crippen LogP contribution in [0.5, 0.6) is 5.75 Å². The molecule has 2 aromatic carbocycles. The van der Waals surface area contributed by atoms with E-state index >= 15 is 0 Å². The number of rotatable bonds is 2. The van der Waals surface area contributed by atoms with Gasteiger partial charge in [-0.05, 0) is 30.3 Å². The Labute approximate surface area is 109 Å². The van der Waals surface area contributed by atoms with Crippen LogP contribution < -0.4 is 5.43 Å². The van der Waals surface area contributed by atoms with E-state index in [1.54, 1.807) is 30.3 Å². The van der Waals surface area contributed by atoms with Crippen molar-refractivity contribution in [2.24, 2.45) is 10.2 Å². The largest absolute Gasteiger partial charge is 0.504 e. The Kier molecular flexibility index (Phi) is 3.64. The predicted molar refractivity (Wildman–Crippen MR) is 69.7 cm³/mol. The van der Waals surface area contributed by atoms with Crippen molar-refractivity contribution in [3.8, 4) is 11.8 Å². The fraction of sp³-hybridized carbons (Fsp3) is 0. The Morgan fingerprint density at radius 2 is 1.63 bits per heavy atom. The Hall–Kier alpha value is -3.00. The van der Waals surface area contributed by atoms with Gasteiger partial charge < -0.3 is 5.11 Å². The van der Waals surface area contributed by atoms with E-state index < -0.39 is 5.43 Å². The lowest BCUT2D eigenvalue weighted by molar-refractivity contribution is 0.471. The minimum Gasteiger partial charge on any atom is -0.504 e. The molecular formula is C14H9N3O2. The third-order valence-corrected chi connectivity index (χ3v) is 2.31. The standard InChI is InChI=1S/C14H9N3O2/c15-9-10-3-1-4-11(7-10)16-17-12-5-2-6-13(18)14(19)8-12/h1-8H,(H,18,19). The molecular weight excluding hydrogens is 242 g/mol. The lowest BCUT2D eigenvalue weighted by Gasteiger charge is -1.92. The van der Waals surface area contributed by atoms with Crippen molar-refractivity contribution in [2.45, 2.75) is 0 Å². The maximum atomic E-state index is 11.4. The fourth-order valence-corrected chi connectivity index (χ4v) is 1.39.